The van der Waals surface area contributed by atoms with Crippen molar-refractivity contribution in [1.29, 1.82) is 0 Å². The summed E-state index contributed by atoms with van der Waals surface area (Å²) in [7, 11) is 1.21. The predicted molar refractivity (Wildman–Crippen MR) is 200 cm³/mol. The summed E-state index contributed by atoms with van der Waals surface area (Å²) in [4.78, 5) is 51.3. The predicted octanol–water partition coefficient (Wildman–Crippen LogP) is 4.25. The Hall–Kier alpha value is -2.88. The molecule has 4 heterocycles. The second kappa shape index (κ2) is 21.0. The van der Waals surface area contributed by atoms with Gasteiger partial charge in [0.15, 0.2) is 6.10 Å². The van der Waals surface area contributed by atoms with Crippen LogP contribution in [0.5, 0.6) is 0 Å². The molecule has 0 saturated carbocycles. The maximum Gasteiger partial charge on any atom is 0.330 e. The first-order valence-electron chi connectivity index (χ1n) is 20.3. The van der Waals surface area contributed by atoms with Crippen LogP contribution in [0, 0.1) is 5.41 Å². The van der Waals surface area contributed by atoms with E-state index in [0.717, 1.165) is 44.9 Å². The molecule has 10 atom stereocenters. The summed E-state index contributed by atoms with van der Waals surface area (Å²) in [5.41, 5.74) is -1.08. The molecule has 0 spiro atoms. The molecule has 1 unspecified atom stereocenters. The van der Waals surface area contributed by atoms with Gasteiger partial charge in [0.05, 0.1) is 56.8 Å². The lowest BCUT2D eigenvalue weighted by molar-refractivity contribution is -0.327. The summed E-state index contributed by atoms with van der Waals surface area (Å²) in [6.45, 7) is 6.44. The summed E-state index contributed by atoms with van der Waals surface area (Å²) in [5, 5.41) is 37.0. The van der Waals surface area contributed by atoms with Crippen molar-refractivity contribution in [3.8, 4) is 0 Å². The van der Waals surface area contributed by atoms with Gasteiger partial charge in [0.2, 0.25) is 11.7 Å². The highest BCUT2D eigenvalue weighted by Gasteiger charge is 2.57. The molecule has 4 rings (SSSR count). The fourth-order valence-corrected chi connectivity index (χ4v) is 8.25. The fourth-order valence-electron chi connectivity index (χ4n) is 8.25. The average Bonchev–Trinajstić information content (AvgIpc) is 3.11. The van der Waals surface area contributed by atoms with Crippen molar-refractivity contribution in [2.24, 2.45) is 5.41 Å². The number of ether oxygens (including phenoxy) is 6. The zero-order chi connectivity index (χ0) is 40.2. The van der Waals surface area contributed by atoms with E-state index in [2.05, 4.69) is 12.2 Å². The van der Waals surface area contributed by atoms with E-state index < -0.39 is 66.2 Å². The summed E-state index contributed by atoms with van der Waals surface area (Å²) in [6.07, 6.45) is 7.55. The van der Waals surface area contributed by atoms with Gasteiger partial charge in [-0.05, 0) is 56.9 Å². The highest BCUT2D eigenvalue weighted by Crippen LogP contribution is 2.47. The number of carbonyl (C=O) groups excluding carboxylic acids is 4. The largest absolute Gasteiger partial charge is 0.466 e. The zero-order valence-electron chi connectivity index (χ0n) is 33.4. The third-order valence-electron chi connectivity index (χ3n) is 11.2. The molecule has 14 nitrogen and oxygen atoms in total. The van der Waals surface area contributed by atoms with Crippen LogP contribution in [0.1, 0.15) is 130 Å². The van der Waals surface area contributed by atoms with E-state index in [9.17, 15) is 34.5 Å². The average molecular weight is 780 g/mol. The number of fused-ring (bicyclic) bond motifs is 6. The van der Waals surface area contributed by atoms with Crippen molar-refractivity contribution in [3.63, 3.8) is 0 Å². The molecule has 0 aromatic heterocycles. The summed E-state index contributed by atoms with van der Waals surface area (Å²) in [5.74, 6) is -4.45. The van der Waals surface area contributed by atoms with Crippen LogP contribution < -0.4 is 5.32 Å². The minimum Gasteiger partial charge on any atom is -0.466 e. The molecule has 0 aromatic rings. The lowest BCUT2D eigenvalue weighted by Crippen LogP contribution is -2.62. The third-order valence-corrected chi connectivity index (χ3v) is 11.2. The van der Waals surface area contributed by atoms with Gasteiger partial charge in [-0.15, -0.1) is 0 Å². The highest BCUT2D eigenvalue weighted by atomic mass is 16.7. The Kier molecular flexibility index (Phi) is 17.2. The standard InChI is InChI=1S/C41H65NO13/c1-6-7-8-9-10-14-36(46)54-39-27(18-37(47)50-5)17-34-24-35(25-43)53-38(48)22-29(45)21-30-12-11-13-31(51-30)23-33-20-28(42-26(2)44)19-32(52-33)15-16-40(3,4)41(39,49)55-34/h15-16,18,28-35,39,43,45,49H,6-14,17,19-25H2,1-5H3,(H,42,44)/b16-15-,27-18+/t28?,29-,30+,31-,32+,33+,34+,35-,39+,41-/m1/s1. The Bertz CT molecular complexity index is 1350. The van der Waals surface area contributed by atoms with Gasteiger partial charge in [-0.25, -0.2) is 4.79 Å². The maximum absolute atomic E-state index is 13.4. The van der Waals surface area contributed by atoms with Crippen LogP contribution in [-0.2, 0) is 47.6 Å². The number of hydrogen-bond donors (Lipinski definition) is 4. The molecule has 0 aromatic carbocycles. The van der Waals surface area contributed by atoms with E-state index in [1.165, 1.54) is 20.1 Å². The van der Waals surface area contributed by atoms with Crippen molar-refractivity contribution in [3.05, 3.63) is 23.8 Å². The number of esters is 3. The van der Waals surface area contributed by atoms with E-state index in [0.29, 0.717) is 25.7 Å². The molecule has 6 bridgehead atoms. The quantitative estimate of drug-likeness (QED) is 0.0809. The third kappa shape index (κ3) is 13.3. The van der Waals surface area contributed by atoms with E-state index >= 15 is 0 Å². The van der Waals surface area contributed by atoms with E-state index in [1.807, 2.05) is 6.08 Å². The molecule has 14 heteroatoms. The van der Waals surface area contributed by atoms with Crippen LogP contribution in [0.15, 0.2) is 23.8 Å². The molecule has 0 radical (unpaired) electrons. The summed E-state index contributed by atoms with van der Waals surface area (Å²) in [6, 6.07) is -0.187. The number of carbonyl (C=O) groups is 4. The first-order valence-corrected chi connectivity index (χ1v) is 20.3. The number of nitrogens with one attached hydrogen (secondary N) is 1. The molecule has 55 heavy (non-hydrogen) atoms. The number of hydrogen-bond acceptors (Lipinski definition) is 13. The number of amides is 1. The van der Waals surface area contributed by atoms with Crippen LogP contribution in [0.3, 0.4) is 0 Å². The highest BCUT2D eigenvalue weighted by molar-refractivity contribution is 5.83. The second-order valence-electron chi connectivity index (χ2n) is 16.3. The fraction of sp³-hybridized carbons (Fsp3) is 0.805. The Morgan fingerprint density at radius 2 is 1.69 bits per heavy atom. The van der Waals surface area contributed by atoms with Gasteiger partial charge in [0.1, 0.15) is 6.10 Å². The first kappa shape index (κ1) is 44.8. The second-order valence-corrected chi connectivity index (χ2v) is 16.3. The van der Waals surface area contributed by atoms with E-state index in [-0.39, 0.29) is 67.9 Å². The van der Waals surface area contributed by atoms with Crippen LogP contribution in [-0.4, -0.2) is 114 Å². The molecular formula is C41H65NO13. The number of cyclic esters (lactones) is 1. The van der Waals surface area contributed by atoms with Crippen LogP contribution >= 0.6 is 0 Å². The van der Waals surface area contributed by atoms with Gasteiger partial charge in [0.25, 0.3) is 0 Å². The Labute approximate surface area is 325 Å². The van der Waals surface area contributed by atoms with Crippen molar-refractivity contribution in [2.45, 2.75) is 191 Å². The molecule has 1 amide bonds. The number of unbranched alkanes of at least 4 members (excludes halogenated alkanes) is 4. The first-order chi connectivity index (χ1) is 26.1. The topological polar surface area (TPSA) is 196 Å². The van der Waals surface area contributed by atoms with Crippen molar-refractivity contribution < 1.29 is 62.9 Å². The van der Waals surface area contributed by atoms with Gasteiger partial charge < -0.3 is 49.1 Å². The van der Waals surface area contributed by atoms with Gasteiger partial charge in [-0.3, -0.25) is 14.4 Å². The minimum absolute atomic E-state index is 0.0195. The van der Waals surface area contributed by atoms with Gasteiger partial charge in [-0.2, -0.15) is 0 Å². The van der Waals surface area contributed by atoms with Crippen LogP contribution in [0.4, 0.5) is 0 Å². The van der Waals surface area contributed by atoms with Gasteiger partial charge in [0, 0.05) is 43.7 Å². The SMILES string of the molecule is CCCCCCCC(=O)O[C@H]1/C(=C/C(=O)OC)C[C@H]2C[C@H](CO)OC(=O)C[C@H](O)C[C@@H]3CCC[C@H](C[C@@H]4CC(NC(C)=O)C[C@H](/C=C\C(C)(C)[C@]1(O)O2)O4)O3. The Morgan fingerprint density at radius 1 is 0.964 bits per heavy atom. The number of rotatable bonds is 10. The molecule has 312 valence electrons. The van der Waals surface area contributed by atoms with Crippen molar-refractivity contribution in [2.75, 3.05) is 13.7 Å². The normalized spacial score (nSPS) is 35.8. The number of aliphatic hydroxyl groups is 3. The van der Waals surface area contributed by atoms with Gasteiger partial charge >= 0.3 is 17.9 Å². The molecule has 4 N–H and O–H groups in total. The number of methoxy groups -OCH3 is 1. The zero-order valence-corrected chi connectivity index (χ0v) is 33.4. The Morgan fingerprint density at radius 3 is 2.38 bits per heavy atom. The lowest BCUT2D eigenvalue weighted by atomic mass is 9.74. The molecule has 4 aliphatic heterocycles. The molecule has 0 aliphatic carbocycles. The van der Waals surface area contributed by atoms with E-state index in [4.69, 9.17) is 28.4 Å². The maximum atomic E-state index is 13.4. The van der Waals surface area contributed by atoms with Gasteiger partial charge in [-0.1, -0.05) is 58.6 Å². The monoisotopic (exact) mass is 779 g/mol. The van der Waals surface area contributed by atoms with Crippen LogP contribution in [0.25, 0.3) is 0 Å². The molecule has 3 fully saturated rings. The summed E-state index contributed by atoms with van der Waals surface area (Å²) >= 11 is 0. The smallest absolute Gasteiger partial charge is 0.330 e. The van der Waals surface area contributed by atoms with Crippen molar-refractivity contribution >= 4 is 23.8 Å². The molecule has 4 aliphatic rings. The minimum atomic E-state index is -2.28. The molecular weight excluding hydrogens is 714 g/mol. The Balaban J connectivity index is 1.73. The summed E-state index contributed by atoms with van der Waals surface area (Å²) < 4.78 is 36.0. The van der Waals surface area contributed by atoms with Crippen LogP contribution in [0.2, 0.25) is 0 Å². The van der Waals surface area contributed by atoms with E-state index in [1.54, 1.807) is 19.9 Å². The lowest BCUT2D eigenvalue weighted by Gasteiger charge is -2.51. The van der Waals surface area contributed by atoms with Crippen molar-refractivity contribution in [1.82, 2.24) is 5.32 Å². The number of aliphatic hydroxyl groups excluding tert-OH is 2. The molecule has 3 saturated heterocycles.